The van der Waals surface area contributed by atoms with Gasteiger partial charge in [-0.25, -0.2) is 8.78 Å². The van der Waals surface area contributed by atoms with Gasteiger partial charge in [0.15, 0.2) is 0 Å². The predicted molar refractivity (Wildman–Crippen MR) is 96.3 cm³/mol. The summed E-state index contributed by atoms with van der Waals surface area (Å²) in [5.41, 5.74) is 3.14. The van der Waals surface area contributed by atoms with E-state index < -0.39 is 17.6 Å². The maximum Gasteiger partial charge on any atom is 0.309 e. The van der Waals surface area contributed by atoms with Crippen LogP contribution in [0, 0.1) is 23.5 Å². The lowest BCUT2D eigenvalue weighted by molar-refractivity contribution is -0.918. The summed E-state index contributed by atoms with van der Waals surface area (Å²) < 4.78 is 27.5. The third-order valence-corrected chi connectivity index (χ3v) is 5.55. The fourth-order valence-electron chi connectivity index (χ4n) is 4.02. The largest absolute Gasteiger partial charge is 0.481 e. The average Bonchev–Trinajstić information content (AvgIpc) is 3.40. The molecule has 27 heavy (non-hydrogen) atoms. The van der Waals surface area contributed by atoms with Gasteiger partial charge < -0.3 is 10.0 Å². The first-order valence-corrected chi connectivity index (χ1v) is 9.12. The van der Waals surface area contributed by atoms with Crippen LogP contribution in [0.5, 0.6) is 0 Å². The van der Waals surface area contributed by atoms with Crippen LogP contribution in [0.3, 0.4) is 0 Å². The van der Waals surface area contributed by atoms with Crippen LogP contribution in [-0.2, 0) is 16.8 Å². The molecule has 0 aromatic heterocycles. The average molecular weight is 368 g/mol. The third-order valence-electron chi connectivity index (χ3n) is 5.55. The number of fused-ring (bicyclic) bond motifs is 2. The van der Waals surface area contributed by atoms with E-state index in [4.69, 9.17) is 5.11 Å². The lowest BCUT2D eigenvalue weighted by Crippen LogP contribution is -3.12. The van der Waals surface area contributed by atoms with Crippen molar-refractivity contribution < 1.29 is 23.6 Å². The second-order valence-electron chi connectivity index (χ2n) is 7.50. The van der Waals surface area contributed by atoms with Gasteiger partial charge in [0.05, 0.1) is 25.1 Å². The molecule has 0 amide bonds. The van der Waals surface area contributed by atoms with Gasteiger partial charge in [0, 0.05) is 16.5 Å². The predicted octanol–water partition coefficient (Wildman–Crippen LogP) is 2.27. The SMILES string of the molecule is O=C(O)CC[NH+]1Cc2ccc(C#Cc3c(F)cccc3F)cc2C2(CC2)C1. The van der Waals surface area contributed by atoms with E-state index in [-0.39, 0.29) is 17.4 Å². The second-order valence-corrected chi connectivity index (χ2v) is 7.50. The Balaban J connectivity index is 1.60. The molecule has 1 atom stereocenters. The van der Waals surface area contributed by atoms with Gasteiger partial charge in [0.2, 0.25) is 0 Å². The second kappa shape index (κ2) is 6.79. The van der Waals surface area contributed by atoms with Crippen molar-refractivity contribution in [3.8, 4) is 11.8 Å². The van der Waals surface area contributed by atoms with Crippen LogP contribution in [-0.4, -0.2) is 24.2 Å². The van der Waals surface area contributed by atoms with Gasteiger partial charge in [-0.05, 0) is 42.7 Å². The lowest BCUT2D eigenvalue weighted by Gasteiger charge is -2.32. The number of aliphatic carboxylic acids is 1. The molecule has 1 aliphatic carbocycles. The van der Waals surface area contributed by atoms with Gasteiger partial charge in [-0.2, -0.15) is 0 Å². The molecule has 1 heterocycles. The molecule has 1 saturated carbocycles. The molecule has 138 valence electrons. The fourth-order valence-corrected chi connectivity index (χ4v) is 4.02. The molecule has 2 aromatic rings. The molecule has 0 radical (unpaired) electrons. The van der Waals surface area contributed by atoms with Crippen molar-refractivity contribution >= 4 is 5.97 Å². The Morgan fingerprint density at radius 3 is 2.56 bits per heavy atom. The van der Waals surface area contributed by atoms with Crippen molar-refractivity contribution in [3.63, 3.8) is 0 Å². The van der Waals surface area contributed by atoms with E-state index in [9.17, 15) is 13.6 Å². The van der Waals surface area contributed by atoms with Crippen LogP contribution in [0.4, 0.5) is 8.78 Å². The highest BCUT2D eigenvalue weighted by atomic mass is 19.1. The summed E-state index contributed by atoms with van der Waals surface area (Å²) in [5.74, 6) is 3.45. The lowest BCUT2D eigenvalue weighted by atomic mass is 9.85. The minimum atomic E-state index is -0.760. The minimum absolute atomic E-state index is 0.113. The minimum Gasteiger partial charge on any atom is -0.481 e. The molecule has 4 rings (SSSR count). The van der Waals surface area contributed by atoms with Crippen molar-refractivity contribution in [3.05, 3.63) is 70.3 Å². The summed E-state index contributed by atoms with van der Waals surface area (Å²) >= 11 is 0. The Bertz CT molecular complexity index is 950. The highest BCUT2D eigenvalue weighted by Gasteiger charge is 2.51. The fraction of sp³-hybridized carbons (Fsp3) is 0.318. The van der Waals surface area contributed by atoms with Crippen molar-refractivity contribution in [2.75, 3.05) is 13.1 Å². The van der Waals surface area contributed by atoms with E-state index in [1.807, 2.05) is 18.2 Å². The maximum atomic E-state index is 13.7. The van der Waals surface area contributed by atoms with Crippen molar-refractivity contribution in [2.24, 2.45) is 0 Å². The molecule has 1 fully saturated rings. The zero-order chi connectivity index (χ0) is 19.0. The summed E-state index contributed by atoms with van der Waals surface area (Å²) in [6.07, 6.45) is 2.36. The van der Waals surface area contributed by atoms with Gasteiger partial charge in [-0.3, -0.25) is 4.79 Å². The Kier molecular flexibility index (Phi) is 4.45. The number of halogens is 2. The van der Waals surface area contributed by atoms with Crippen molar-refractivity contribution in [2.45, 2.75) is 31.2 Å². The first-order chi connectivity index (χ1) is 13.0. The number of carbonyl (C=O) groups is 1. The molecule has 0 saturated heterocycles. The Morgan fingerprint density at radius 1 is 1.15 bits per heavy atom. The molecule has 2 aromatic carbocycles. The summed E-state index contributed by atoms with van der Waals surface area (Å²) in [6.45, 7) is 2.37. The van der Waals surface area contributed by atoms with Crippen molar-refractivity contribution in [1.29, 1.82) is 0 Å². The summed E-state index contributed by atoms with van der Waals surface area (Å²) in [6, 6.07) is 9.67. The van der Waals surface area contributed by atoms with Gasteiger partial charge in [0.1, 0.15) is 18.2 Å². The van der Waals surface area contributed by atoms with Gasteiger partial charge >= 0.3 is 5.97 Å². The summed E-state index contributed by atoms with van der Waals surface area (Å²) in [4.78, 5) is 12.2. The Hall–Kier alpha value is -2.71. The molecule has 5 heteroatoms. The van der Waals surface area contributed by atoms with Crippen LogP contribution >= 0.6 is 0 Å². The van der Waals surface area contributed by atoms with Gasteiger partial charge in [-0.15, -0.1) is 0 Å². The number of benzene rings is 2. The standard InChI is InChI=1S/C22H19F2NO2/c23-19-2-1-3-20(24)17(19)7-5-15-4-6-16-13-25(11-8-21(26)27)14-22(9-10-22)18(16)12-15/h1-4,6,12H,8-11,13-14H2,(H,26,27)/p+1. The number of hydrogen-bond acceptors (Lipinski definition) is 1. The van der Waals surface area contributed by atoms with Crippen LogP contribution < -0.4 is 4.90 Å². The van der Waals surface area contributed by atoms with Crippen LogP contribution in [0.15, 0.2) is 36.4 Å². The Morgan fingerprint density at radius 2 is 1.89 bits per heavy atom. The highest BCUT2D eigenvalue weighted by Crippen LogP contribution is 2.49. The molecule has 1 spiro atoms. The molecular formula is C22H20F2NO2+. The van der Waals surface area contributed by atoms with Gasteiger partial charge in [-0.1, -0.05) is 24.0 Å². The topological polar surface area (TPSA) is 41.7 Å². The third kappa shape index (κ3) is 3.58. The monoisotopic (exact) mass is 368 g/mol. The van der Waals surface area contributed by atoms with E-state index in [1.165, 1.54) is 34.2 Å². The zero-order valence-electron chi connectivity index (χ0n) is 14.8. The van der Waals surface area contributed by atoms with Crippen LogP contribution in [0.25, 0.3) is 0 Å². The van der Waals surface area contributed by atoms with Gasteiger partial charge in [0.25, 0.3) is 0 Å². The van der Waals surface area contributed by atoms with E-state index in [0.717, 1.165) is 31.5 Å². The van der Waals surface area contributed by atoms with Crippen LogP contribution in [0.1, 0.15) is 41.5 Å². The number of rotatable bonds is 3. The molecule has 3 nitrogen and oxygen atoms in total. The molecular weight excluding hydrogens is 348 g/mol. The zero-order valence-corrected chi connectivity index (χ0v) is 14.8. The van der Waals surface area contributed by atoms with Crippen LogP contribution in [0.2, 0.25) is 0 Å². The molecule has 2 aliphatic rings. The quantitative estimate of drug-likeness (QED) is 0.817. The van der Waals surface area contributed by atoms with E-state index in [0.29, 0.717) is 6.54 Å². The highest BCUT2D eigenvalue weighted by molar-refractivity contribution is 5.66. The number of carboxylic acids is 1. The Labute approximate surface area is 156 Å². The molecule has 0 bridgehead atoms. The van der Waals surface area contributed by atoms with E-state index in [2.05, 4.69) is 11.8 Å². The molecule has 2 N–H and O–H groups in total. The number of hydrogen-bond donors (Lipinski definition) is 2. The first-order valence-electron chi connectivity index (χ1n) is 9.12. The summed E-state index contributed by atoms with van der Waals surface area (Å²) in [7, 11) is 0. The normalized spacial score (nSPS) is 19.1. The summed E-state index contributed by atoms with van der Waals surface area (Å²) in [5, 5.41) is 8.93. The molecule has 1 aliphatic heterocycles. The maximum absolute atomic E-state index is 13.7. The van der Waals surface area contributed by atoms with E-state index in [1.54, 1.807) is 0 Å². The number of nitrogens with one attached hydrogen (secondary N) is 1. The van der Waals surface area contributed by atoms with Crippen molar-refractivity contribution in [1.82, 2.24) is 0 Å². The number of quaternary nitrogens is 1. The first kappa shape index (κ1) is 17.7. The van der Waals surface area contributed by atoms with E-state index >= 15 is 0 Å². The smallest absolute Gasteiger partial charge is 0.309 e. The number of carboxylic acid groups (broad SMARTS) is 1. The molecule has 1 unspecified atom stereocenters.